The maximum Gasteiger partial charge on any atom is 0.144 e. The molecule has 4 aromatic carbocycles. The van der Waals surface area contributed by atoms with Crippen LogP contribution in [-0.2, 0) is 25.5 Å². The zero-order valence-corrected chi connectivity index (χ0v) is 29.3. The van der Waals surface area contributed by atoms with Gasteiger partial charge in [-0.1, -0.05) is 93.1 Å². The van der Waals surface area contributed by atoms with Crippen LogP contribution in [0.2, 0.25) is 0 Å². The van der Waals surface area contributed by atoms with Crippen LogP contribution in [-0.4, -0.2) is 0 Å². The maximum absolute atomic E-state index is 14.8. The first-order chi connectivity index (χ1) is 22.0. The zero-order chi connectivity index (χ0) is 32.6. The van der Waals surface area contributed by atoms with E-state index in [1.54, 1.807) is 10.6 Å². The van der Waals surface area contributed by atoms with Crippen LogP contribution in [0, 0.1) is 33.8 Å². The number of furan rings is 1. The number of halogens is 1. The molecule has 0 aliphatic rings. The minimum Gasteiger partial charge on any atom is -0.468 e. The molecule has 0 aliphatic carbocycles. The van der Waals surface area contributed by atoms with Crippen molar-refractivity contribution in [3.63, 3.8) is 0 Å². The predicted octanol–water partition coefficient (Wildman–Crippen LogP) is 9.93. The number of benzene rings is 4. The topological polar surface area (TPSA) is 20.9 Å². The van der Waals surface area contributed by atoms with Crippen LogP contribution < -0.4 is 9.13 Å². The summed E-state index contributed by atoms with van der Waals surface area (Å²) in [4.78, 5) is 0. The fraction of sp³-hybridized carbons (Fsp3) is 0.0952. The van der Waals surface area contributed by atoms with E-state index in [9.17, 15) is 4.39 Å². The molecule has 0 amide bonds. The summed E-state index contributed by atoms with van der Waals surface area (Å²) in [7, 11) is 8.17. The molecule has 0 saturated carbocycles. The number of hydrogen-bond donors (Lipinski definition) is 0. The van der Waals surface area contributed by atoms with Gasteiger partial charge in [-0.05, 0) is 28.7 Å². The van der Waals surface area contributed by atoms with Gasteiger partial charge in [-0.25, -0.2) is 4.39 Å². The Morgan fingerprint density at radius 1 is 0.617 bits per heavy atom. The molecule has 0 spiro atoms. The second kappa shape index (κ2) is 13.4. The number of rotatable bonds is 3. The van der Waals surface area contributed by atoms with E-state index >= 15 is 0 Å². The molecule has 0 unspecified atom stereocenters. The zero-order valence-electron chi connectivity index (χ0n) is 26.9. The van der Waals surface area contributed by atoms with Crippen LogP contribution in [0.4, 0.5) is 4.39 Å². The molecule has 0 fully saturated rings. The Labute approximate surface area is 290 Å². The molecule has 239 valence electrons. The van der Waals surface area contributed by atoms with E-state index in [4.69, 9.17) is 4.42 Å². The third kappa shape index (κ3) is 6.51. The number of hydrogen-bond acceptors (Lipinski definition) is 1. The van der Waals surface area contributed by atoms with Crippen LogP contribution in [0.3, 0.4) is 0 Å². The summed E-state index contributed by atoms with van der Waals surface area (Å²) in [6, 6.07) is 35.0. The molecule has 7 aromatic rings. The van der Waals surface area contributed by atoms with Gasteiger partial charge in [0.25, 0.3) is 0 Å². The third-order valence-electron chi connectivity index (χ3n) is 8.29. The predicted molar refractivity (Wildman–Crippen MR) is 186 cm³/mol. The summed E-state index contributed by atoms with van der Waals surface area (Å²) < 4.78 is 24.9. The molecular weight excluding hydrogens is 760 g/mol. The molecule has 7 rings (SSSR count). The molecule has 0 atom stereocenters. The SMILES string of the molecule is [CH2-]c1ccc2c(oc3c(-c4ccccc4)c(F)ccc32)c1-c1cccc[n+]1[CH2-].[CH2-]c1ccccc1-c1ccc(C(C)(C)C)c[n+]1[CH2-].[Ir]. The monoisotopic (exact) mass is 797 g/mol. The van der Waals surface area contributed by atoms with Gasteiger partial charge in [0.15, 0.2) is 0 Å². The summed E-state index contributed by atoms with van der Waals surface area (Å²) >= 11 is 0. The molecular formula is C42H37FIrN2O-2. The van der Waals surface area contributed by atoms with E-state index in [0.29, 0.717) is 16.7 Å². The van der Waals surface area contributed by atoms with Gasteiger partial charge in [0.1, 0.15) is 11.4 Å². The van der Waals surface area contributed by atoms with Crippen LogP contribution in [0.5, 0.6) is 0 Å². The molecule has 3 nitrogen and oxygen atoms in total. The molecule has 3 heterocycles. The molecule has 0 N–H and O–H groups in total. The average Bonchev–Trinajstić information content (AvgIpc) is 3.40. The average molecular weight is 797 g/mol. The number of nitrogens with zero attached hydrogens (tertiary/aromatic N) is 2. The van der Waals surface area contributed by atoms with Gasteiger partial charge in [-0.2, -0.15) is 37.1 Å². The molecule has 47 heavy (non-hydrogen) atoms. The third-order valence-corrected chi connectivity index (χ3v) is 8.29. The van der Waals surface area contributed by atoms with E-state index in [-0.39, 0.29) is 31.3 Å². The second-order valence-electron chi connectivity index (χ2n) is 12.5. The van der Waals surface area contributed by atoms with Gasteiger partial charge >= 0.3 is 0 Å². The smallest absolute Gasteiger partial charge is 0.144 e. The molecule has 5 heteroatoms. The van der Waals surface area contributed by atoms with Gasteiger partial charge < -0.3 is 13.6 Å². The van der Waals surface area contributed by atoms with Crippen molar-refractivity contribution in [2.24, 2.45) is 0 Å². The Balaban J connectivity index is 0.000000199. The molecule has 0 saturated heterocycles. The van der Waals surface area contributed by atoms with Crippen molar-refractivity contribution in [2.75, 3.05) is 0 Å². The van der Waals surface area contributed by atoms with Crippen molar-refractivity contribution in [1.29, 1.82) is 0 Å². The van der Waals surface area contributed by atoms with Crippen LogP contribution >= 0.6 is 0 Å². The molecule has 0 bridgehead atoms. The normalized spacial score (nSPS) is 11.1. The van der Waals surface area contributed by atoms with Crippen molar-refractivity contribution in [3.05, 3.63) is 172 Å². The van der Waals surface area contributed by atoms with Crippen LogP contribution in [0.1, 0.15) is 37.5 Å². The summed E-state index contributed by atoms with van der Waals surface area (Å²) in [5, 5.41) is 1.81. The molecule has 0 aliphatic heterocycles. The molecule has 3 aromatic heterocycles. The van der Waals surface area contributed by atoms with Crippen LogP contribution in [0.15, 0.2) is 126 Å². The van der Waals surface area contributed by atoms with E-state index in [0.717, 1.165) is 50.0 Å². The standard InChI is InChI=1S/C25H17FNO.C17H20N.Ir/c1-16-11-12-18-19-13-14-20(26)23(17-8-4-3-5-9-17)25(19)28-24(18)22(16)21-10-6-7-15-27(21)2;1-13-8-6-7-9-15(13)16-11-10-14(12-18(16)5)17(2,3)4;/h3-15H,1-2H2;6-12H,1,5H2,2-4H3;/q2*-1;. The summed E-state index contributed by atoms with van der Waals surface area (Å²) in [5.41, 5.74) is 9.74. The Morgan fingerprint density at radius 3 is 1.91 bits per heavy atom. The van der Waals surface area contributed by atoms with Gasteiger partial charge in [-0.3, -0.25) is 0 Å². The minimum atomic E-state index is -0.305. The fourth-order valence-electron chi connectivity index (χ4n) is 5.78. The Kier molecular flexibility index (Phi) is 9.53. The first-order valence-corrected chi connectivity index (χ1v) is 15.2. The van der Waals surface area contributed by atoms with Gasteiger partial charge in [0, 0.05) is 45.0 Å². The number of fused-ring (bicyclic) bond motifs is 3. The molecule has 1 radical (unpaired) electrons. The Hall–Kier alpha value is -4.96. The van der Waals surface area contributed by atoms with Crippen molar-refractivity contribution >= 4 is 21.9 Å². The largest absolute Gasteiger partial charge is 0.468 e. The Bertz CT molecular complexity index is 2200. The van der Waals surface area contributed by atoms with Crippen molar-refractivity contribution in [2.45, 2.75) is 26.2 Å². The number of aromatic nitrogens is 2. The van der Waals surface area contributed by atoms with Gasteiger partial charge in [0.05, 0.1) is 34.9 Å². The van der Waals surface area contributed by atoms with Gasteiger partial charge in [0.2, 0.25) is 0 Å². The summed E-state index contributed by atoms with van der Waals surface area (Å²) in [5.74, 6) is -0.305. The number of pyridine rings is 2. The first kappa shape index (κ1) is 33.4. The summed E-state index contributed by atoms with van der Waals surface area (Å²) in [6.45, 7) is 14.9. The van der Waals surface area contributed by atoms with E-state index < -0.39 is 0 Å². The maximum atomic E-state index is 14.8. The van der Waals surface area contributed by atoms with E-state index in [1.807, 2.05) is 89.6 Å². The van der Waals surface area contributed by atoms with Crippen molar-refractivity contribution in [1.82, 2.24) is 0 Å². The first-order valence-electron chi connectivity index (χ1n) is 15.2. The quantitative estimate of drug-likeness (QED) is 0.129. The second-order valence-corrected chi connectivity index (χ2v) is 12.5. The van der Waals surface area contributed by atoms with Gasteiger partial charge in [-0.15, -0.1) is 23.8 Å². The Morgan fingerprint density at radius 2 is 1.26 bits per heavy atom. The van der Waals surface area contributed by atoms with Crippen LogP contribution in [0.25, 0.3) is 55.6 Å². The minimum absolute atomic E-state index is 0. The summed E-state index contributed by atoms with van der Waals surface area (Å²) in [6.07, 6.45) is 3.98. The van der Waals surface area contributed by atoms with E-state index in [2.05, 4.69) is 73.1 Å². The van der Waals surface area contributed by atoms with Crippen molar-refractivity contribution in [3.8, 4) is 33.6 Å². The van der Waals surface area contributed by atoms with E-state index in [1.165, 1.54) is 11.6 Å². The van der Waals surface area contributed by atoms with Crippen molar-refractivity contribution < 1.29 is 38.0 Å². The fourth-order valence-corrected chi connectivity index (χ4v) is 5.78.